The fourth-order valence-electron chi connectivity index (χ4n) is 3.49. The normalized spacial score (nSPS) is 14.4. The molecule has 0 radical (unpaired) electrons. The van der Waals surface area contributed by atoms with Gasteiger partial charge in [0.05, 0.1) is 27.9 Å². The molecule has 0 aromatic heterocycles. The number of guanidine groups is 1. The Labute approximate surface area is 203 Å². The lowest BCUT2D eigenvalue weighted by Gasteiger charge is -2.20. The fraction of sp³-hybridized carbons (Fsp3) is 0.636. The Morgan fingerprint density at radius 2 is 1.77 bits per heavy atom. The lowest BCUT2D eigenvalue weighted by atomic mass is 10.2. The third-order valence-electron chi connectivity index (χ3n) is 5.06. The van der Waals surface area contributed by atoms with Crippen LogP contribution in [0, 0.1) is 0 Å². The summed E-state index contributed by atoms with van der Waals surface area (Å²) in [6.07, 6.45) is 4.86. The number of hydrogen-bond acceptors (Lipinski definition) is 5. The van der Waals surface area contributed by atoms with Crippen molar-refractivity contribution in [2.45, 2.75) is 45.6 Å². The van der Waals surface area contributed by atoms with E-state index in [0.29, 0.717) is 30.2 Å². The number of carbonyl (C=O) groups excluding carboxylic acids is 1. The number of nitrogens with one attached hydrogen (secondary N) is 2. The van der Waals surface area contributed by atoms with Crippen LogP contribution >= 0.6 is 24.0 Å². The smallest absolute Gasteiger partial charge is 0.222 e. The van der Waals surface area contributed by atoms with E-state index in [4.69, 9.17) is 14.2 Å². The first-order chi connectivity index (χ1) is 14.6. The Morgan fingerprint density at radius 1 is 1.06 bits per heavy atom. The van der Waals surface area contributed by atoms with Gasteiger partial charge in [-0.3, -0.25) is 4.79 Å². The van der Waals surface area contributed by atoms with Crippen molar-refractivity contribution in [3.05, 3.63) is 17.7 Å². The van der Waals surface area contributed by atoms with E-state index in [2.05, 4.69) is 15.6 Å². The minimum Gasteiger partial charge on any atom is -0.493 e. The number of ether oxygens (including phenoxy) is 3. The first-order valence-electron chi connectivity index (χ1n) is 10.7. The van der Waals surface area contributed by atoms with Gasteiger partial charge in [-0.1, -0.05) is 6.42 Å². The van der Waals surface area contributed by atoms with Crippen LogP contribution in [0.4, 0.5) is 0 Å². The van der Waals surface area contributed by atoms with Gasteiger partial charge in [-0.05, 0) is 43.9 Å². The van der Waals surface area contributed by atoms with Crippen molar-refractivity contribution in [2.24, 2.45) is 4.99 Å². The molecule has 31 heavy (non-hydrogen) atoms. The summed E-state index contributed by atoms with van der Waals surface area (Å²) in [7, 11) is 4.79. The molecule has 2 N–H and O–H groups in total. The molecule has 0 spiro atoms. The quantitative estimate of drug-likeness (QED) is 0.202. The van der Waals surface area contributed by atoms with Crippen molar-refractivity contribution in [3.63, 3.8) is 0 Å². The zero-order valence-corrected chi connectivity index (χ0v) is 21.5. The highest BCUT2D eigenvalue weighted by atomic mass is 127. The Bertz CT molecular complexity index is 690. The molecule has 1 aromatic carbocycles. The van der Waals surface area contributed by atoms with Crippen molar-refractivity contribution in [2.75, 3.05) is 47.5 Å². The molecule has 1 aliphatic heterocycles. The number of amides is 1. The fourth-order valence-corrected chi connectivity index (χ4v) is 3.49. The molecule has 1 amide bonds. The van der Waals surface area contributed by atoms with Crippen molar-refractivity contribution in [1.29, 1.82) is 0 Å². The van der Waals surface area contributed by atoms with Gasteiger partial charge in [-0.2, -0.15) is 0 Å². The van der Waals surface area contributed by atoms with E-state index in [0.717, 1.165) is 63.4 Å². The summed E-state index contributed by atoms with van der Waals surface area (Å²) in [5, 5.41) is 6.62. The van der Waals surface area contributed by atoms with Crippen molar-refractivity contribution in [3.8, 4) is 17.2 Å². The number of methoxy groups -OCH3 is 3. The van der Waals surface area contributed by atoms with Crippen molar-refractivity contribution in [1.82, 2.24) is 15.5 Å². The van der Waals surface area contributed by atoms with Crippen LogP contribution in [-0.2, 0) is 11.3 Å². The monoisotopic (exact) mass is 548 g/mol. The van der Waals surface area contributed by atoms with E-state index in [1.807, 2.05) is 24.0 Å². The Kier molecular flexibility index (Phi) is 13.1. The van der Waals surface area contributed by atoms with E-state index >= 15 is 0 Å². The molecule has 1 heterocycles. The topological polar surface area (TPSA) is 84.4 Å². The molecule has 176 valence electrons. The third kappa shape index (κ3) is 8.62. The highest BCUT2D eigenvalue weighted by molar-refractivity contribution is 14.0. The Balaban J connectivity index is 0.00000480. The molecule has 0 saturated carbocycles. The maximum Gasteiger partial charge on any atom is 0.222 e. The number of aliphatic imine (C=N–C) groups is 1. The molecule has 0 aliphatic carbocycles. The average molecular weight is 548 g/mol. The molecule has 8 nitrogen and oxygen atoms in total. The van der Waals surface area contributed by atoms with Crippen LogP contribution < -0.4 is 24.8 Å². The number of rotatable bonds is 10. The zero-order chi connectivity index (χ0) is 21.8. The van der Waals surface area contributed by atoms with Gasteiger partial charge >= 0.3 is 0 Å². The van der Waals surface area contributed by atoms with E-state index in [9.17, 15) is 4.79 Å². The summed E-state index contributed by atoms with van der Waals surface area (Å²) in [5.41, 5.74) is 0.955. The van der Waals surface area contributed by atoms with Gasteiger partial charge in [0.25, 0.3) is 0 Å². The maximum atomic E-state index is 12.1. The molecule has 1 aliphatic rings. The average Bonchev–Trinajstić information content (AvgIpc) is 2.97. The summed E-state index contributed by atoms with van der Waals surface area (Å²) < 4.78 is 16.2. The molecule has 1 fully saturated rings. The van der Waals surface area contributed by atoms with Crippen LogP contribution in [0.15, 0.2) is 17.1 Å². The van der Waals surface area contributed by atoms with Crippen LogP contribution in [-0.4, -0.2) is 64.3 Å². The predicted molar refractivity (Wildman–Crippen MR) is 134 cm³/mol. The highest BCUT2D eigenvalue weighted by Gasteiger charge is 2.16. The number of hydrogen-bond donors (Lipinski definition) is 2. The summed E-state index contributed by atoms with van der Waals surface area (Å²) in [5.74, 6) is 2.83. The van der Waals surface area contributed by atoms with Crippen LogP contribution in [0.1, 0.15) is 44.6 Å². The minimum absolute atomic E-state index is 0. The van der Waals surface area contributed by atoms with Gasteiger partial charge in [-0.15, -0.1) is 24.0 Å². The molecular weight excluding hydrogens is 511 g/mol. The number of nitrogens with zero attached hydrogens (tertiary/aromatic N) is 2. The van der Waals surface area contributed by atoms with Gasteiger partial charge in [0.15, 0.2) is 17.5 Å². The van der Waals surface area contributed by atoms with Gasteiger partial charge in [0.2, 0.25) is 11.7 Å². The maximum absolute atomic E-state index is 12.1. The summed E-state index contributed by atoms with van der Waals surface area (Å²) in [6.45, 7) is 5.70. The first-order valence-corrected chi connectivity index (χ1v) is 10.7. The minimum atomic E-state index is 0. The number of halogens is 1. The van der Waals surface area contributed by atoms with Crippen LogP contribution in [0.25, 0.3) is 0 Å². The number of carbonyl (C=O) groups is 1. The lowest BCUT2D eigenvalue weighted by Crippen LogP contribution is -2.39. The SMILES string of the molecule is CCNC(=NCc1cc(OC)c(OC)c(OC)c1)NCCCN1CCCCCC1=O.I. The van der Waals surface area contributed by atoms with Gasteiger partial charge in [0.1, 0.15) is 0 Å². The van der Waals surface area contributed by atoms with E-state index in [-0.39, 0.29) is 29.9 Å². The summed E-state index contributed by atoms with van der Waals surface area (Å²) in [6, 6.07) is 3.80. The predicted octanol–water partition coefficient (Wildman–Crippen LogP) is 3.18. The molecule has 0 atom stereocenters. The third-order valence-corrected chi connectivity index (χ3v) is 5.06. The van der Waals surface area contributed by atoms with Gasteiger partial charge in [-0.25, -0.2) is 4.99 Å². The Hall–Kier alpha value is -1.91. The first kappa shape index (κ1) is 27.1. The second-order valence-electron chi connectivity index (χ2n) is 7.20. The molecule has 2 rings (SSSR count). The molecule has 9 heteroatoms. The molecule has 1 saturated heterocycles. The van der Waals surface area contributed by atoms with Crippen LogP contribution in [0.3, 0.4) is 0 Å². The van der Waals surface area contributed by atoms with E-state index < -0.39 is 0 Å². The molecular formula is C22H37IN4O4. The van der Waals surface area contributed by atoms with Crippen LogP contribution in [0.5, 0.6) is 17.2 Å². The number of likely N-dealkylation sites (tertiary alicyclic amines) is 1. The number of benzene rings is 1. The van der Waals surface area contributed by atoms with Crippen molar-refractivity contribution < 1.29 is 19.0 Å². The molecule has 0 unspecified atom stereocenters. The lowest BCUT2D eigenvalue weighted by molar-refractivity contribution is -0.130. The Morgan fingerprint density at radius 3 is 2.39 bits per heavy atom. The molecule has 0 bridgehead atoms. The van der Waals surface area contributed by atoms with Gasteiger partial charge in [0, 0.05) is 32.6 Å². The largest absolute Gasteiger partial charge is 0.493 e. The standard InChI is InChI=1S/C22H36N4O4.HI/c1-5-23-22(24-11-9-13-26-12-8-6-7-10-20(26)27)25-16-17-14-18(28-2)21(30-4)19(15-17)29-3;/h14-15H,5-13,16H2,1-4H3,(H2,23,24,25);1H. The van der Waals surface area contributed by atoms with Crippen LogP contribution in [0.2, 0.25) is 0 Å². The zero-order valence-electron chi connectivity index (χ0n) is 19.2. The summed E-state index contributed by atoms with van der Waals surface area (Å²) >= 11 is 0. The van der Waals surface area contributed by atoms with E-state index in [1.54, 1.807) is 21.3 Å². The van der Waals surface area contributed by atoms with Crippen molar-refractivity contribution >= 4 is 35.8 Å². The second-order valence-corrected chi connectivity index (χ2v) is 7.20. The second kappa shape index (κ2) is 15.0. The van der Waals surface area contributed by atoms with E-state index in [1.165, 1.54) is 0 Å². The molecule has 1 aromatic rings. The highest BCUT2D eigenvalue weighted by Crippen LogP contribution is 2.38. The van der Waals surface area contributed by atoms with Gasteiger partial charge < -0.3 is 29.7 Å². The summed E-state index contributed by atoms with van der Waals surface area (Å²) in [4.78, 5) is 18.8.